The summed E-state index contributed by atoms with van der Waals surface area (Å²) >= 11 is 0. The summed E-state index contributed by atoms with van der Waals surface area (Å²) in [4.78, 5) is 15.3. The second kappa shape index (κ2) is 6.71. The number of rotatable bonds is 5. The summed E-state index contributed by atoms with van der Waals surface area (Å²) in [5.41, 5.74) is 6.80. The molecule has 0 atom stereocenters. The van der Waals surface area contributed by atoms with Crippen LogP contribution in [0.15, 0.2) is 36.7 Å². The zero-order valence-electron chi connectivity index (χ0n) is 11.9. The number of hydrogen-bond donors (Lipinski definition) is 2. The zero-order valence-corrected chi connectivity index (χ0v) is 11.9. The van der Waals surface area contributed by atoms with E-state index in [1.807, 2.05) is 19.1 Å². The number of pyridine rings is 1. The van der Waals surface area contributed by atoms with Crippen molar-refractivity contribution in [3.05, 3.63) is 42.2 Å². The van der Waals surface area contributed by atoms with Crippen LogP contribution in [0, 0.1) is 6.92 Å². The molecule has 0 aliphatic heterocycles. The lowest BCUT2D eigenvalue weighted by atomic mass is 10.2. The van der Waals surface area contributed by atoms with Gasteiger partial charge < -0.3 is 20.5 Å². The number of ether oxygens (including phenoxy) is 2. The number of hydrogen-bond acceptors (Lipinski definition) is 5. The van der Waals surface area contributed by atoms with Gasteiger partial charge in [0.2, 0.25) is 5.91 Å². The summed E-state index contributed by atoms with van der Waals surface area (Å²) in [5.74, 6) is 1.59. The standard InChI is InChI=1S/C15H17N3O3/c1-10-3-4-12(6-14(10)20-2)21-13-5-11(8-17-9-13)18-15(19)7-16/h3-6,8-9H,7,16H2,1-2H3,(H,18,19). The number of anilines is 1. The monoisotopic (exact) mass is 287 g/mol. The molecule has 3 N–H and O–H groups in total. The molecule has 0 fully saturated rings. The fourth-order valence-corrected chi connectivity index (χ4v) is 1.75. The van der Waals surface area contributed by atoms with Crippen LogP contribution < -0.4 is 20.5 Å². The minimum atomic E-state index is -0.286. The summed E-state index contributed by atoms with van der Waals surface area (Å²) in [6.45, 7) is 1.87. The third-order valence-electron chi connectivity index (χ3n) is 2.80. The lowest BCUT2D eigenvalue weighted by Crippen LogP contribution is -2.21. The fourth-order valence-electron chi connectivity index (χ4n) is 1.75. The first-order chi connectivity index (χ1) is 10.1. The van der Waals surface area contributed by atoms with Crippen molar-refractivity contribution in [2.45, 2.75) is 6.92 Å². The Morgan fingerprint density at radius 1 is 1.29 bits per heavy atom. The van der Waals surface area contributed by atoms with E-state index >= 15 is 0 Å². The number of nitrogens with one attached hydrogen (secondary N) is 1. The van der Waals surface area contributed by atoms with Gasteiger partial charge in [-0.3, -0.25) is 9.78 Å². The van der Waals surface area contributed by atoms with Gasteiger partial charge in [0, 0.05) is 12.1 Å². The van der Waals surface area contributed by atoms with Gasteiger partial charge in [-0.15, -0.1) is 0 Å². The molecule has 1 amide bonds. The molecule has 21 heavy (non-hydrogen) atoms. The van der Waals surface area contributed by atoms with Crippen LogP contribution in [0.3, 0.4) is 0 Å². The van der Waals surface area contributed by atoms with Crippen molar-refractivity contribution in [2.75, 3.05) is 19.0 Å². The van der Waals surface area contributed by atoms with Crippen molar-refractivity contribution in [1.82, 2.24) is 4.98 Å². The highest BCUT2D eigenvalue weighted by atomic mass is 16.5. The summed E-state index contributed by atoms with van der Waals surface area (Å²) in [6, 6.07) is 7.21. The van der Waals surface area contributed by atoms with Crippen LogP contribution in [0.25, 0.3) is 0 Å². The Morgan fingerprint density at radius 3 is 2.81 bits per heavy atom. The fraction of sp³-hybridized carbons (Fsp3) is 0.200. The number of nitrogens with zero attached hydrogens (tertiary/aromatic N) is 1. The third-order valence-corrected chi connectivity index (χ3v) is 2.80. The molecule has 6 heteroatoms. The summed E-state index contributed by atoms with van der Waals surface area (Å²) in [7, 11) is 1.61. The Balaban J connectivity index is 2.16. The van der Waals surface area contributed by atoms with Crippen LogP contribution >= 0.6 is 0 Å². The average molecular weight is 287 g/mol. The van der Waals surface area contributed by atoms with Gasteiger partial charge in [-0.05, 0) is 18.6 Å². The van der Waals surface area contributed by atoms with E-state index in [0.29, 0.717) is 17.2 Å². The van der Waals surface area contributed by atoms with E-state index in [-0.39, 0.29) is 12.5 Å². The van der Waals surface area contributed by atoms with Crippen LogP contribution in [-0.4, -0.2) is 24.5 Å². The zero-order chi connectivity index (χ0) is 15.2. The average Bonchev–Trinajstić information content (AvgIpc) is 2.49. The molecule has 0 aliphatic carbocycles. The molecule has 0 saturated carbocycles. The van der Waals surface area contributed by atoms with Crippen molar-refractivity contribution in [3.63, 3.8) is 0 Å². The molecule has 2 aromatic rings. The van der Waals surface area contributed by atoms with Crippen molar-refractivity contribution < 1.29 is 14.3 Å². The number of carbonyl (C=O) groups excluding carboxylic acids is 1. The Bertz CT molecular complexity index is 644. The lowest BCUT2D eigenvalue weighted by molar-refractivity contribution is -0.114. The Hall–Kier alpha value is -2.60. The minimum Gasteiger partial charge on any atom is -0.496 e. The quantitative estimate of drug-likeness (QED) is 0.879. The molecule has 0 spiro atoms. The SMILES string of the molecule is COc1cc(Oc2cncc(NC(=O)CN)c2)ccc1C. The first-order valence-electron chi connectivity index (χ1n) is 6.40. The number of aryl methyl sites for hydroxylation is 1. The van der Waals surface area contributed by atoms with E-state index in [1.165, 1.54) is 6.20 Å². The first-order valence-corrected chi connectivity index (χ1v) is 6.40. The minimum absolute atomic E-state index is 0.0831. The van der Waals surface area contributed by atoms with E-state index in [0.717, 1.165) is 11.3 Å². The highest BCUT2D eigenvalue weighted by molar-refractivity contribution is 5.92. The molecular weight excluding hydrogens is 270 g/mol. The molecule has 1 aromatic heterocycles. The second-order valence-electron chi connectivity index (χ2n) is 4.40. The van der Waals surface area contributed by atoms with Gasteiger partial charge in [-0.25, -0.2) is 0 Å². The van der Waals surface area contributed by atoms with Gasteiger partial charge in [0.25, 0.3) is 0 Å². The maximum absolute atomic E-state index is 11.3. The summed E-state index contributed by atoms with van der Waals surface area (Å²) in [5, 5.41) is 2.62. The van der Waals surface area contributed by atoms with Gasteiger partial charge in [0.1, 0.15) is 17.2 Å². The molecule has 1 heterocycles. The molecule has 0 unspecified atom stereocenters. The lowest BCUT2D eigenvalue weighted by Gasteiger charge is -2.10. The molecule has 0 bridgehead atoms. The van der Waals surface area contributed by atoms with E-state index in [4.69, 9.17) is 15.2 Å². The summed E-state index contributed by atoms with van der Waals surface area (Å²) < 4.78 is 11.0. The van der Waals surface area contributed by atoms with Crippen molar-refractivity contribution in [3.8, 4) is 17.2 Å². The summed E-state index contributed by atoms with van der Waals surface area (Å²) in [6.07, 6.45) is 3.08. The van der Waals surface area contributed by atoms with Gasteiger partial charge >= 0.3 is 0 Å². The van der Waals surface area contributed by atoms with Gasteiger partial charge in [-0.1, -0.05) is 6.07 Å². The Morgan fingerprint density at radius 2 is 2.10 bits per heavy atom. The predicted octanol–water partition coefficient (Wildman–Crippen LogP) is 2.09. The molecule has 6 nitrogen and oxygen atoms in total. The van der Waals surface area contributed by atoms with Crippen LogP contribution in [-0.2, 0) is 4.79 Å². The second-order valence-corrected chi connectivity index (χ2v) is 4.40. The van der Waals surface area contributed by atoms with E-state index in [2.05, 4.69) is 10.3 Å². The number of methoxy groups -OCH3 is 1. The highest BCUT2D eigenvalue weighted by Crippen LogP contribution is 2.28. The van der Waals surface area contributed by atoms with Gasteiger partial charge in [0.15, 0.2) is 0 Å². The Labute approximate surface area is 122 Å². The smallest absolute Gasteiger partial charge is 0.238 e. The molecule has 0 saturated heterocycles. The third kappa shape index (κ3) is 3.93. The first kappa shape index (κ1) is 14.8. The van der Waals surface area contributed by atoms with E-state index in [1.54, 1.807) is 25.4 Å². The van der Waals surface area contributed by atoms with Crippen molar-refractivity contribution in [2.24, 2.45) is 5.73 Å². The predicted molar refractivity (Wildman–Crippen MR) is 79.7 cm³/mol. The van der Waals surface area contributed by atoms with Crippen LogP contribution in [0.1, 0.15) is 5.56 Å². The van der Waals surface area contributed by atoms with Crippen LogP contribution in [0.2, 0.25) is 0 Å². The maximum Gasteiger partial charge on any atom is 0.238 e. The number of nitrogens with two attached hydrogens (primary N) is 1. The van der Waals surface area contributed by atoms with Crippen LogP contribution in [0.4, 0.5) is 5.69 Å². The molecule has 0 aliphatic rings. The van der Waals surface area contributed by atoms with Crippen LogP contribution in [0.5, 0.6) is 17.2 Å². The van der Waals surface area contributed by atoms with Crippen molar-refractivity contribution >= 4 is 11.6 Å². The number of carbonyl (C=O) groups is 1. The van der Waals surface area contributed by atoms with E-state index < -0.39 is 0 Å². The number of aromatic nitrogens is 1. The molecule has 1 aromatic carbocycles. The molecule has 0 radical (unpaired) electrons. The highest BCUT2D eigenvalue weighted by Gasteiger charge is 2.05. The largest absolute Gasteiger partial charge is 0.496 e. The molecule has 110 valence electrons. The normalized spacial score (nSPS) is 10.0. The van der Waals surface area contributed by atoms with Gasteiger partial charge in [-0.2, -0.15) is 0 Å². The number of benzene rings is 1. The topological polar surface area (TPSA) is 86.5 Å². The van der Waals surface area contributed by atoms with Crippen molar-refractivity contribution in [1.29, 1.82) is 0 Å². The molecular formula is C15H17N3O3. The maximum atomic E-state index is 11.3. The van der Waals surface area contributed by atoms with Gasteiger partial charge in [0.05, 0.1) is 31.7 Å². The Kier molecular flexibility index (Phi) is 4.73. The number of amides is 1. The molecule has 2 rings (SSSR count). The van der Waals surface area contributed by atoms with E-state index in [9.17, 15) is 4.79 Å².